The Kier molecular flexibility index (Phi) is 15.7. The molecule has 5 nitrogen and oxygen atoms in total. The number of rotatable bonds is 8. The summed E-state index contributed by atoms with van der Waals surface area (Å²) in [7, 11) is 3.14. The van der Waals surface area contributed by atoms with Crippen molar-refractivity contribution < 1.29 is 14.6 Å². The smallest absolute Gasteiger partial charge is 0.208 e. The van der Waals surface area contributed by atoms with Crippen molar-refractivity contribution in [2.24, 2.45) is 15.9 Å². The Morgan fingerprint density at radius 1 is 1.24 bits per heavy atom. The van der Waals surface area contributed by atoms with E-state index in [0.29, 0.717) is 24.8 Å². The third kappa shape index (κ3) is 10.1. The van der Waals surface area contributed by atoms with E-state index in [1.807, 2.05) is 33.8 Å². The zero-order valence-electron chi connectivity index (χ0n) is 14.4. The lowest BCUT2D eigenvalue weighted by Gasteiger charge is -2.19. The fourth-order valence-corrected chi connectivity index (χ4v) is 1.50. The maximum absolute atomic E-state index is 8.96. The Labute approximate surface area is 129 Å². The van der Waals surface area contributed by atoms with Gasteiger partial charge in [0, 0.05) is 13.0 Å². The first-order chi connectivity index (χ1) is 10.1. The lowest BCUT2D eigenvalue weighted by molar-refractivity contribution is 0.287. The number of aliphatic hydroxyl groups is 1. The van der Waals surface area contributed by atoms with Gasteiger partial charge in [0.25, 0.3) is 0 Å². The summed E-state index contributed by atoms with van der Waals surface area (Å²) >= 11 is 0. The maximum atomic E-state index is 8.96. The molecule has 1 unspecified atom stereocenters. The highest BCUT2D eigenvalue weighted by Crippen LogP contribution is 2.11. The molecule has 0 aliphatic heterocycles. The van der Waals surface area contributed by atoms with Gasteiger partial charge < -0.3 is 14.6 Å². The molecule has 0 fully saturated rings. The van der Waals surface area contributed by atoms with Crippen LogP contribution in [0, 0.1) is 5.92 Å². The molecule has 0 bridgehead atoms. The summed E-state index contributed by atoms with van der Waals surface area (Å²) in [4.78, 5) is 8.89. The third-order valence-electron chi connectivity index (χ3n) is 2.54. The molecule has 124 valence electrons. The minimum atomic E-state index is -0.198. The van der Waals surface area contributed by atoms with Gasteiger partial charge in [-0.25, -0.2) is 4.99 Å². The molecule has 0 saturated heterocycles. The van der Waals surface area contributed by atoms with Crippen LogP contribution >= 0.6 is 0 Å². The van der Waals surface area contributed by atoms with Crippen LogP contribution in [0.3, 0.4) is 0 Å². The molecule has 0 radical (unpaired) electrons. The van der Waals surface area contributed by atoms with Crippen molar-refractivity contribution in [1.82, 2.24) is 0 Å². The first kappa shape index (κ1) is 21.9. The summed E-state index contributed by atoms with van der Waals surface area (Å²) in [5.41, 5.74) is 0. The molecular weight excluding hydrogens is 268 g/mol. The molecule has 0 spiro atoms. The van der Waals surface area contributed by atoms with Crippen molar-refractivity contribution in [3.05, 3.63) is 12.7 Å². The quantitative estimate of drug-likeness (QED) is 0.324. The molecule has 0 saturated carbocycles. The number of methoxy groups -OCH3 is 2. The van der Waals surface area contributed by atoms with Gasteiger partial charge in [0.1, 0.15) is 6.04 Å². The minimum absolute atomic E-state index is 0.00735. The van der Waals surface area contributed by atoms with Crippen LogP contribution in [-0.2, 0) is 9.47 Å². The standard InChI is InChI=1S/C14H26N2O3.C2H6/c1-6-7-9-15-14(19-5)13(11(2)3)16-12(18-4)8-10-17;1-2/h6,11,13,17H,1,7-10H2,2-5H3;1-2H3. The second kappa shape index (κ2) is 15.0. The molecule has 0 aliphatic carbocycles. The number of ether oxygens (including phenoxy) is 2. The van der Waals surface area contributed by atoms with Gasteiger partial charge in [-0.15, -0.1) is 6.58 Å². The van der Waals surface area contributed by atoms with E-state index in [0.717, 1.165) is 6.42 Å². The summed E-state index contributed by atoms with van der Waals surface area (Å²) in [5, 5.41) is 8.96. The van der Waals surface area contributed by atoms with Crippen molar-refractivity contribution in [3.63, 3.8) is 0 Å². The van der Waals surface area contributed by atoms with Crippen molar-refractivity contribution in [3.8, 4) is 0 Å². The summed E-state index contributed by atoms with van der Waals surface area (Å²) in [6.45, 7) is 12.4. The first-order valence-electron chi connectivity index (χ1n) is 7.51. The van der Waals surface area contributed by atoms with Crippen LogP contribution in [0.4, 0.5) is 0 Å². The predicted octanol–water partition coefficient (Wildman–Crippen LogP) is 3.09. The Morgan fingerprint density at radius 3 is 2.24 bits per heavy atom. The van der Waals surface area contributed by atoms with Crippen LogP contribution in [0.5, 0.6) is 0 Å². The van der Waals surface area contributed by atoms with Gasteiger partial charge >= 0.3 is 0 Å². The Hall–Kier alpha value is -1.36. The highest BCUT2D eigenvalue weighted by molar-refractivity contribution is 5.86. The van der Waals surface area contributed by atoms with E-state index in [1.54, 1.807) is 14.2 Å². The molecule has 0 aromatic carbocycles. The summed E-state index contributed by atoms with van der Waals surface area (Å²) in [6.07, 6.45) is 3.01. The highest BCUT2D eigenvalue weighted by atomic mass is 16.5. The van der Waals surface area contributed by atoms with Crippen LogP contribution in [0.2, 0.25) is 0 Å². The second-order valence-electron chi connectivity index (χ2n) is 4.39. The number of aliphatic imine (C=N–C) groups is 2. The molecule has 21 heavy (non-hydrogen) atoms. The molecule has 0 aromatic rings. The number of hydrogen-bond donors (Lipinski definition) is 1. The van der Waals surface area contributed by atoms with Gasteiger partial charge in [-0.1, -0.05) is 33.8 Å². The van der Waals surface area contributed by atoms with Crippen LogP contribution < -0.4 is 0 Å². The topological polar surface area (TPSA) is 63.4 Å². The molecule has 1 atom stereocenters. The third-order valence-corrected chi connectivity index (χ3v) is 2.54. The predicted molar refractivity (Wildman–Crippen MR) is 90.2 cm³/mol. The molecule has 1 N–H and O–H groups in total. The average molecular weight is 300 g/mol. The van der Waals surface area contributed by atoms with Crippen LogP contribution in [0.1, 0.15) is 40.5 Å². The first-order valence-corrected chi connectivity index (χ1v) is 7.51. The maximum Gasteiger partial charge on any atom is 0.208 e. The fourth-order valence-electron chi connectivity index (χ4n) is 1.50. The van der Waals surface area contributed by atoms with Crippen LogP contribution in [0.25, 0.3) is 0 Å². The van der Waals surface area contributed by atoms with E-state index in [9.17, 15) is 0 Å². The number of nitrogens with zero attached hydrogens (tertiary/aromatic N) is 2. The van der Waals surface area contributed by atoms with Gasteiger partial charge in [0.15, 0.2) is 5.90 Å². The van der Waals surface area contributed by atoms with Crippen molar-refractivity contribution >= 4 is 11.8 Å². The SMILES string of the molecule is C=CCCN=C(OC)C(N=C(CCO)OC)C(C)C.CC. The van der Waals surface area contributed by atoms with E-state index in [4.69, 9.17) is 14.6 Å². The summed E-state index contributed by atoms with van der Waals surface area (Å²) in [5.74, 6) is 1.32. The van der Waals surface area contributed by atoms with Gasteiger partial charge in [-0.05, 0) is 12.3 Å². The molecule has 0 heterocycles. The highest BCUT2D eigenvalue weighted by Gasteiger charge is 2.21. The Morgan fingerprint density at radius 2 is 1.86 bits per heavy atom. The Balaban J connectivity index is 0. The second-order valence-corrected chi connectivity index (χ2v) is 4.39. The molecule has 5 heteroatoms. The molecule has 0 aliphatic rings. The van der Waals surface area contributed by atoms with E-state index in [2.05, 4.69) is 16.6 Å². The average Bonchev–Trinajstić information content (AvgIpc) is 2.50. The van der Waals surface area contributed by atoms with E-state index in [-0.39, 0.29) is 18.6 Å². The van der Waals surface area contributed by atoms with E-state index < -0.39 is 0 Å². The van der Waals surface area contributed by atoms with Crippen molar-refractivity contribution in [1.29, 1.82) is 0 Å². The fraction of sp³-hybridized carbons (Fsp3) is 0.750. The zero-order valence-corrected chi connectivity index (χ0v) is 14.4. The van der Waals surface area contributed by atoms with Crippen molar-refractivity contribution in [2.45, 2.75) is 46.6 Å². The van der Waals surface area contributed by atoms with Gasteiger partial charge in [-0.2, -0.15) is 0 Å². The van der Waals surface area contributed by atoms with Crippen molar-refractivity contribution in [2.75, 3.05) is 27.4 Å². The molecule has 0 amide bonds. The lowest BCUT2D eigenvalue weighted by Crippen LogP contribution is -2.28. The number of aliphatic hydroxyl groups excluding tert-OH is 1. The largest absolute Gasteiger partial charge is 0.484 e. The van der Waals surface area contributed by atoms with Crippen LogP contribution in [-0.4, -0.2) is 50.3 Å². The normalized spacial score (nSPS) is 13.3. The van der Waals surface area contributed by atoms with Gasteiger partial charge in [-0.3, -0.25) is 4.99 Å². The molecular formula is C16H32N2O3. The Bertz CT molecular complexity index is 313. The van der Waals surface area contributed by atoms with Crippen LogP contribution in [0.15, 0.2) is 22.6 Å². The van der Waals surface area contributed by atoms with Gasteiger partial charge in [0.05, 0.1) is 20.8 Å². The number of hydrogen-bond acceptors (Lipinski definition) is 5. The van der Waals surface area contributed by atoms with Gasteiger partial charge in [0.2, 0.25) is 5.90 Å². The molecule has 0 rings (SSSR count). The lowest BCUT2D eigenvalue weighted by atomic mass is 10.0. The summed E-state index contributed by atoms with van der Waals surface area (Å²) < 4.78 is 10.5. The minimum Gasteiger partial charge on any atom is -0.484 e. The zero-order chi connectivity index (χ0) is 16.7. The monoisotopic (exact) mass is 300 g/mol. The van der Waals surface area contributed by atoms with E-state index >= 15 is 0 Å². The van der Waals surface area contributed by atoms with E-state index in [1.165, 1.54) is 0 Å². The molecule has 0 aromatic heterocycles. The summed E-state index contributed by atoms with van der Waals surface area (Å²) in [6, 6.07) is -0.198.